The molecule has 1 aliphatic carbocycles. The number of anilines is 1. The SMILES string of the molecule is CCC1(NCc2ccc(N)cn2)CCC1. The minimum absolute atomic E-state index is 0.392. The molecular weight excluding hydrogens is 186 g/mol. The predicted octanol–water partition coefficient (Wildman–Crippen LogP) is 2.09. The lowest BCUT2D eigenvalue weighted by atomic mass is 9.75. The summed E-state index contributed by atoms with van der Waals surface area (Å²) in [6, 6.07) is 3.90. The van der Waals surface area contributed by atoms with Crippen molar-refractivity contribution in [3.63, 3.8) is 0 Å². The maximum absolute atomic E-state index is 5.59. The quantitative estimate of drug-likeness (QED) is 0.791. The van der Waals surface area contributed by atoms with E-state index in [1.54, 1.807) is 6.20 Å². The van der Waals surface area contributed by atoms with Gasteiger partial charge in [0.15, 0.2) is 0 Å². The Kier molecular flexibility index (Phi) is 2.91. The molecule has 0 bridgehead atoms. The van der Waals surface area contributed by atoms with Gasteiger partial charge in [-0.15, -0.1) is 0 Å². The van der Waals surface area contributed by atoms with Crippen LogP contribution in [0, 0.1) is 0 Å². The highest BCUT2D eigenvalue weighted by atomic mass is 15.0. The molecule has 82 valence electrons. The maximum Gasteiger partial charge on any atom is 0.0543 e. The molecule has 0 amide bonds. The molecule has 0 aliphatic heterocycles. The summed E-state index contributed by atoms with van der Waals surface area (Å²) in [5.74, 6) is 0. The lowest BCUT2D eigenvalue weighted by Crippen LogP contribution is -2.49. The Bertz CT molecular complexity index is 309. The molecule has 1 saturated carbocycles. The molecule has 15 heavy (non-hydrogen) atoms. The van der Waals surface area contributed by atoms with E-state index in [1.807, 2.05) is 12.1 Å². The highest BCUT2D eigenvalue weighted by Gasteiger charge is 2.34. The third-order valence-corrected chi connectivity index (χ3v) is 3.48. The summed E-state index contributed by atoms with van der Waals surface area (Å²) in [5.41, 5.74) is 7.78. The van der Waals surface area contributed by atoms with Crippen molar-refractivity contribution in [1.29, 1.82) is 0 Å². The van der Waals surface area contributed by atoms with E-state index in [4.69, 9.17) is 5.73 Å². The zero-order chi connectivity index (χ0) is 10.7. The summed E-state index contributed by atoms with van der Waals surface area (Å²) < 4.78 is 0. The minimum atomic E-state index is 0.392. The third kappa shape index (κ3) is 2.29. The first kappa shape index (κ1) is 10.4. The van der Waals surface area contributed by atoms with Gasteiger partial charge in [-0.3, -0.25) is 4.98 Å². The number of pyridine rings is 1. The van der Waals surface area contributed by atoms with Gasteiger partial charge in [-0.1, -0.05) is 6.92 Å². The number of nitrogens with two attached hydrogens (primary N) is 1. The van der Waals surface area contributed by atoms with Crippen LogP contribution in [0.15, 0.2) is 18.3 Å². The molecule has 0 spiro atoms. The van der Waals surface area contributed by atoms with Gasteiger partial charge in [0.2, 0.25) is 0 Å². The number of hydrogen-bond donors (Lipinski definition) is 2. The lowest BCUT2D eigenvalue weighted by molar-refractivity contribution is 0.175. The topological polar surface area (TPSA) is 50.9 Å². The van der Waals surface area contributed by atoms with Gasteiger partial charge in [0, 0.05) is 12.1 Å². The van der Waals surface area contributed by atoms with Crippen LogP contribution in [-0.2, 0) is 6.54 Å². The van der Waals surface area contributed by atoms with Crippen LogP contribution >= 0.6 is 0 Å². The van der Waals surface area contributed by atoms with Crippen LogP contribution in [0.2, 0.25) is 0 Å². The van der Waals surface area contributed by atoms with Gasteiger partial charge in [0.05, 0.1) is 17.6 Å². The van der Waals surface area contributed by atoms with Crippen molar-refractivity contribution < 1.29 is 0 Å². The van der Waals surface area contributed by atoms with Gasteiger partial charge in [-0.2, -0.15) is 0 Å². The molecule has 0 unspecified atom stereocenters. The lowest BCUT2D eigenvalue weighted by Gasteiger charge is -2.42. The number of nitrogens with one attached hydrogen (secondary N) is 1. The fourth-order valence-electron chi connectivity index (χ4n) is 2.08. The van der Waals surface area contributed by atoms with Crippen LogP contribution in [0.1, 0.15) is 38.3 Å². The van der Waals surface area contributed by atoms with Crippen LogP contribution in [0.25, 0.3) is 0 Å². The molecule has 1 fully saturated rings. The molecule has 3 heteroatoms. The van der Waals surface area contributed by atoms with Crippen molar-refractivity contribution in [1.82, 2.24) is 10.3 Å². The molecule has 0 atom stereocenters. The van der Waals surface area contributed by atoms with Crippen molar-refractivity contribution in [2.45, 2.75) is 44.7 Å². The Hall–Kier alpha value is -1.09. The summed E-state index contributed by atoms with van der Waals surface area (Å²) in [4.78, 5) is 4.29. The summed E-state index contributed by atoms with van der Waals surface area (Å²) in [7, 11) is 0. The van der Waals surface area contributed by atoms with Crippen molar-refractivity contribution in [3.8, 4) is 0 Å². The second-order valence-electron chi connectivity index (χ2n) is 4.42. The summed E-state index contributed by atoms with van der Waals surface area (Å²) in [5, 5.41) is 3.61. The Balaban J connectivity index is 1.90. The molecule has 0 radical (unpaired) electrons. The van der Waals surface area contributed by atoms with Crippen LogP contribution < -0.4 is 11.1 Å². The van der Waals surface area contributed by atoms with E-state index in [2.05, 4.69) is 17.2 Å². The van der Waals surface area contributed by atoms with Gasteiger partial charge < -0.3 is 11.1 Å². The van der Waals surface area contributed by atoms with Crippen molar-refractivity contribution in [2.75, 3.05) is 5.73 Å². The maximum atomic E-state index is 5.59. The number of nitrogens with zero attached hydrogens (tertiary/aromatic N) is 1. The predicted molar refractivity (Wildman–Crippen MR) is 62.4 cm³/mol. The number of aromatic nitrogens is 1. The Morgan fingerprint density at radius 1 is 1.47 bits per heavy atom. The summed E-state index contributed by atoms with van der Waals surface area (Å²) in [6.07, 6.45) is 6.89. The van der Waals surface area contributed by atoms with Crippen molar-refractivity contribution >= 4 is 5.69 Å². The molecule has 1 aliphatic rings. The van der Waals surface area contributed by atoms with E-state index in [0.717, 1.165) is 17.9 Å². The van der Waals surface area contributed by atoms with Crippen LogP contribution in [0.3, 0.4) is 0 Å². The highest BCUT2D eigenvalue weighted by molar-refractivity contribution is 5.34. The van der Waals surface area contributed by atoms with E-state index >= 15 is 0 Å². The van der Waals surface area contributed by atoms with Gasteiger partial charge in [0.25, 0.3) is 0 Å². The number of nitrogen functional groups attached to an aromatic ring is 1. The van der Waals surface area contributed by atoms with Crippen LogP contribution in [0.4, 0.5) is 5.69 Å². The Morgan fingerprint density at radius 2 is 2.27 bits per heavy atom. The molecule has 1 heterocycles. The largest absolute Gasteiger partial charge is 0.397 e. The molecule has 0 aromatic carbocycles. The number of hydrogen-bond acceptors (Lipinski definition) is 3. The smallest absolute Gasteiger partial charge is 0.0543 e. The van der Waals surface area contributed by atoms with E-state index in [9.17, 15) is 0 Å². The molecule has 2 rings (SSSR count). The monoisotopic (exact) mass is 205 g/mol. The fraction of sp³-hybridized carbons (Fsp3) is 0.583. The zero-order valence-electron chi connectivity index (χ0n) is 9.29. The second kappa shape index (κ2) is 4.19. The zero-order valence-corrected chi connectivity index (χ0v) is 9.29. The summed E-state index contributed by atoms with van der Waals surface area (Å²) >= 11 is 0. The first-order valence-corrected chi connectivity index (χ1v) is 5.69. The van der Waals surface area contributed by atoms with Crippen molar-refractivity contribution in [2.24, 2.45) is 0 Å². The molecule has 1 aromatic heterocycles. The standard InChI is InChI=1S/C12H19N3/c1-2-12(6-3-7-12)15-9-11-5-4-10(13)8-14-11/h4-5,8,15H,2-3,6-7,9,13H2,1H3. The summed E-state index contributed by atoms with van der Waals surface area (Å²) in [6.45, 7) is 3.11. The molecule has 0 saturated heterocycles. The molecular formula is C12H19N3. The third-order valence-electron chi connectivity index (χ3n) is 3.48. The van der Waals surface area contributed by atoms with Gasteiger partial charge in [-0.05, 0) is 37.8 Å². The highest BCUT2D eigenvalue weighted by Crippen LogP contribution is 2.34. The van der Waals surface area contributed by atoms with Gasteiger partial charge in [0.1, 0.15) is 0 Å². The molecule has 3 nitrogen and oxygen atoms in total. The molecule has 1 aromatic rings. The molecule has 3 N–H and O–H groups in total. The number of rotatable bonds is 4. The fourth-order valence-corrected chi connectivity index (χ4v) is 2.08. The van der Waals surface area contributed by atoms with Crippen LogP contribution in [0.5, 0.6) is 0 Å². The Morgan fingerprint density at radius 3 is 2.73 bits per heavy atom. The second-order valence-corrected chi connectivity index (χ2v) is 4.42. The average molecular weight is 205 g/mol. The van der Waals surface area contributed by atoms with E-state index in [1.165, 1.54) is 25.7 Å². The Labute approximate surface area is 91.1 Å². The average Bonchev–Trinajstić information content (AvgIpc) is 2.20. The van der Waals surface area contributed by atoms with Gasteiger partial charge >= 0.3 is 0 Å². The first-order valence-electron chi connectivity index (χ1n) is 5.69. The first-order chi connectivity index (χ1) is 7.24. The van der Waals surface area contributed by atoms with Crippen LogP contribution in [-0.4, -0.2) is 10.5 Å². The van der Waals surface area contributed by atoms with E-state index < -0.39 is 0 Å². The van der Waals surface area contributed by atoms with E-state index in [-0.39, 0.29) is 0 Å². The minimum Gasteiger partial charge on any atom is -0.397 e. The van der Waals surface area contributed by atoms with Gasteiger partial charge in [-0.25, -0.2) is 0 Å². The van der Waals surface area contributed by atoms with Crippen molar-refractivity contribution in [3.05, 3.63) is 24.0 Å². The van der Waals surface area contributed by atoms with E-state index in [0.29, 0.717) is 5.54 Å². The normalized spacial score (nSPS) is 18.5.